The van der Waals surface area contributed by atoms with Crippen LogP contribution in [0.2, 0.25) is 0 Å². The van der Waals surface area contributed by atoms with E-state index in [-0.39, 0.29) is 6.42 Å². The Balaban J connectivity index is 3.70. The van der Waals surface area contributed by atoms with Crippen LogP contribution in [0.4, 0.5) is 0 Å². The molecular weight excluding hydrogens is 683 g/mol. The summed E-state index contributed by atoms with van der Waals surface area (Å²) in [7, 11) is 0. The Bertz CT molecular complexity index is 873. The normalized spacial score (nSPS) is 14.4. The van der Waals surface area contributed by atoms with Crippen molar-refractivity contribution >= 4 is 5.91 Å². The lowest BCUT2D eigenvalue weighted by atomic mass is 10.0. The molecule has 0 aromatic rings. The number of carbonyl (C=O) groups is 1. The van der Waals surface area contributed by atoms with Crippen molar-refractivity contribution in [1.82, 2.24) is 5.32 Å². The van der Waals surface area contributed by atoms with Crippen molar-refractivity contribution in [3.05, 3.63) is 36.5 Å². The van der Waals surface area contributed by atoms with Crippen LogP contribution >= 0.6 is 0 Å². The Kier molecular flexibility index (Phi) is 42.5. The van der Waals surface area contributed by atoms with E-state index in [4.69, 9.17) is 0 Å². The minimum atomic E-state index is -1.30. The highest BCUT2D eigenvalue weighted by Crippen LogP contribution is 2.16. The molecule has 0 bridgehead atoms. The van der Waals surface area contributed by atoms with E-state index in [1.54, 1.807) is 6.08 Å². The van der Waals surface area contributed by atoms with E-state index in [0.29, 0.717) is 12.8 Å². The number of aliphatic hydroxyl groups is 4. The van der Waals surface area contributed by atoms with E-state index in [0.717, 1.165) is 25.7 Å². The zero-order chi connectivity index (χ0) is 40.3. The zero-order valence-electron chi connectivity index (χ0n) is 36.4. The van der Waals surface area contributed by atoms with Crippen LogP contribution < -0.4 is 5.32 Å². The van der Waals surface area contributed by atoms with Crippen LogP contribution in [0.1, 0.15) is 239 Å². The molecule has 0 saturated heterocycles. The van der Waals surface area contributed by atoms with E-state index in [1.165, 1.54) is 180 Å². The van der Waals surface area contributed by atoms with Gasteiger partial charge in [-0.05, 0) is 51.4 Å². The monoisotopic (exact) mass is 776 g/mol. The lowest BCUT2D eigenvalue weighted by Gasteiger charge is -2.27. The SMILES string of the molecule is CCCCCCCC/C=C\C/C=C\CC(O)C(=O)NC(CO)C(O)C(O)CCC/C=C/CCCCCCCCCCCCCCCCCCCCCCCC. The third kappa shape index (κ3) is 37.8. The minimum Gasteiger partial charge on any atom is -0.394 e. The predicted molar refractivity (Wildman–Crippen MR) is 237 cm³/mol. The van der Waals surface area contributed by atoms with E-state index in [1.807, 2.05) is 6.08 Å². The number of aliphatic hydroxyl groups excluding tert-OH is 4. The summed E-state index contributed by atoms with van der Waals surface area (Å²) in [6.07, 6.45) is 52.3. The van der Waals surface area contributed by atoms with Gasteiger partial charge in [-0.3, -0.25) is 4.79 Å². The topological polar surface area (TPSA) is 110 Å². The number of hydrogen-bond acceptors (Lipinski definition) is 5. The largest absolute Gasteiger partial charge is 0.394 e. The lowest BCUT2D eigenvalue weighted by molar-refractivity contribution is -0.132. The molecule has 0 saturated carbocycles. The highest BCUT2D eigenvalue weighted by atomic mass is 16.3. The maximum absolute atomic E-state index is 12.4. The molecule has 4 atom stereocenters. The third-order valence-electron chi connectivity index (χ3n) is 11.1. The molecule has 55 heavy (non-hydrogen) atoms. The summed E-state index contributed by atoms with van der Waals surface area (Å²) < 4.78 is 0. The minimum absolute atomic E-state index is 0.153. The van der Waals surface area contributed by atoms with Crippen LogP contribution in [0.15, 0.2) is 36.5 Å². The lowest BCUT2D eigenvalue weighted by Crippen LogP contribution is -2.52. The van der Waals surface area contributed by atoms with Gasteiger partial charge >= 0.3 is 0 Å². The maximum atomic E-state index is 12.4. The van der Waals surface area contributed by atoms with E-state index >= 15 is 0 Å². The number of amides is 1. The van der Waals surface area contributed by atoms with Gasteiger partial charge in [0.25, 0.3) is 0 Å². The molecule has 0 aliphatic heterocycles. The molecule has 6 heteroatoms. The van der Waals surface area contributed by atoms with E-state index in [9.17, 15) is 25.2 Å². The first-order valence-corrected chi connectivity index (χ1v) is 23.9. The van der Waals surface area contributed by atoms with Gasteiger partial charge in [0.05, 0.1) is 18.8 Å². The van der Waals surface area contributed by atoms with Crippen LogP contribution in [0, 0.1) is 0 Å². The van der Waals surface area contributed by atoms with Gasteiger partial charge in [0.1, 0.15) is 12.2 Å². The van der Waals surface area contributed by atoms with Gasteiger partial charge in [0.15, 0.2) is 0 Å². The van der Waals surface area contributed by atoms with E-state index < -0.39 is 36.9 Å². The average molecular weight is 776 g/mol. The molecular formula is C49H93NO5. The fraction of sp³-hybridized carbons (Fsp3) is 0.857. The Labute approximate surface area is 341 Å². The van der Waals surface area contributed by atoms with Crippen molar-refractivity contribution in [2.24, 2.45) is 0 Å². The van der Waals surface area contributed by atoms with Crippen LogP contribution in [0.3, 0.4) is 0 Å². The number of nitrogens with one attached hydrogen (secondary N) is 1. The number of rotatable bonds is 43. The fourth-order valence-electron chi connectivity index (χ4n) is 7.27. The van der Waals surface area contributed by atoms with Crippen LogP contribution in [0.25, 0.3) is 0 Å². The molecule has 6 nitrogen and oxygen atoms in total. The zero-order valence-corrected chi connectivity index (χ0v) is 36.4. The van der Waals surface area contributed by atoms with Gasteiger partial charge in [0, 0.05) is 6.42 Å². The summed E-state index contributed by atoms with van der Waals surface area (Å²) in [6, 6.07) is -1.03. The molecule has 1 amide bonds. The highest BCUT2D eigenvalue weighted by Gasteiger charge is 2.28. The Hall–Kier alpha value is -1.47. The quantitative estimate of drug-likeness (QED) is 0.0313. The summed E-state index contributed by atoms with van der Waals surface area (Å²) in [5, 5.41) is 43.5. The third-order valence-corrected chi connectivity index (χ3v) is 11.1. The summed E-state index contributed by atoms with van der Waals surface area (Å²) in [4.78, 5) is 12.4. The van der Waals surface area contributed by atoms with Gasteiger partial charge in [0.2, 0.25) is 5.91 Å². The highest BCUT2D eigenvalue weighted by molar-refractivity contribution is 5.81. The molecule has 0 aromatic heterocycles. The fourth-order valence-corrected chi connectivity index (χ4v) is 7.27. The molecule has 5 N–H and O–H groups in total. The maximum Gasteiger partial charge on any atom is 0.249 e. The van der Waals surface area contributed by atoms with Crippen molar-refractivity contribution < 1.29 is 25.2 Å². The molecule has 0 fully saturated rings. The second kappa shape index (κ2) is 43.6. The van der Waals surface area contributed by atoms with Crippen LogP contribution in [-0.2, 0) is 4.79 Å². The molecule has 0 rings (SSSR count). The van der Waals surface area contributed by atoms with Crippen LogP contribution in [0.5, 0.6) is 0 Å². The average Bonchev–Trinajstić information content (AvgIpc) is 3.19. The molecule has 0 radical (unpaired) electrons. The first kappa shape index (κ1) is 53.5. The molecule has 0 aromatic carbocycles. The summed E-state index contributed by atoms with van der Waals surface area (Å²) in [5.41, 5.74) is 0. The number of unbranched alkanes of at least 4 members (excludes halogenated alkanes) is 29. The van der Waals surface area contributed by atoms with Crippen LogP contribution in [-0.4, -0.2) is 57.3 Å². The molecule has 0 aliphatic carbocycles. The van der Waals surface area contributed by atoms with Crippen molar-refractivity contribution in [2.75, 3.05) is 6.61 Å². The summed E-state index contributed by atoms with van der Waals surface area (Å²) in [6.45, 7) is 4.00. The van der Waals surface area contributed by atoms with Gasteiger partial charge in [-0.25, -0.2) is 0 Å². The van der Waals surface area contributed by atoms with Gasteiger partial charge < -0.3 is 25.7 Å². The second-order valence-corrected chi connectivity index (χ2v) is 16.5. The molecule has 0 aliphatic rings. The smallest absolute Gasteiger partial charge is 0.249 e. The number of carbonyl (C=O) groups excluding carboxylic acids is 1. The second-order valence-electron chi connectivity index (χ2n) is 16.5. The number of hydrogen-bond donors (Lipinski definition) is 5. The van der Waals surface area contributed by atoms with Crippen molar-refractivity contribution in [3.8, 4) is 0 Å². The van der Waals surface area contributed by atoms with Crippen molar-refractivity contribution in [3.63, 3.8) is 0 Å². The standard InChI is InChI=1S/C49H93NO5/c1-3-5-7-9-11-13-15-17-18-19-20-21-22-23-24-25-26-27-28-29-30-31-33-34-36-38-40-42-46(52)48(54)45(44-51)50-49(55)47(53)43-41-39-37-35-32-16-14-12-10-8-6-4-2/h32,34-36,39,41,45-48,51-54H,3-31,33,37-38,40,42-44H2,1-2H3,(H,50,55)/b35-32-,36-34+,41-39-. The molecule has 324 valence electrons. The number of allylic oxidation sites excluding steroid dienone is 5. The van der Waals surface area contributed by atoms with Crippen molar-refractivity contribution in [1.29, 1.82) is 0 Å². The summed E-state index contributed by atoms with van der Waals surface area (Å²) in [5.74, 6) is -0.660. The Morgan fingerprint density at radius 2 is 0.818 bits per heavy atom. The Morgan fingerprint density at radius 1 is 0.473 bits per heavy atom. The first-order chi connectivity index (χ1) is 27.0. The van der Waals surface area contributed by atoms with Gasteiger partial charge in [-0.1, -0.05) is 217 Å². The van der Waals surface area contributed by atoms with Gasteiger partial charge in [-0.15, -0.1) is 0 Å². The van der Waals surface area contributed by atoms with Crippen molar-refractivity contribution in [2.45, 2.75) is 263 Å². The predicted octanol–water partition coefficient (Wildman–Crippen LogP) is 12.9. The molecule has 0 heterocycles. The summed E-state index contributed by atoms with van der Waals surface area (Å²) >= 11 is 0. The molecule has 4 unspecified atom stereocenters. The van der Waals surface area contributed by atoms with E-state index in [2.05, 4.69) is 43.5 Å². The van der Waals surface area contributed by atoms with Gasteiger partial charge in [-0.2, -0.15) is 0 Å². The Morgan fingerprint density at radius 3 is 1.22 bits per heavy atom. The first-order valence-electron chi connectivity index (χ1n) is 23.9. The molecule has 0 spiro atoms.